The molecule has 0 saturated carbocycles. The summed E-state index contributed by atoms with van der Waals surface area (Å²) in [5, 5.41) is -0.161. The first-order valence-electron chi connectivity index (χ1n) is 8.96. The van der Waals surface area contributed by atoms with Gasteiger partial charge in [-0.3, -0.25) is 9.69 Å². The molecule has 1 heterocycles. The highest BCUT2D eigenvalue weighted by Crippen LogP contribution is 2.46. The van der Waals surface area contributed by atoms with Gasteiger partial charge in [-0.2, -0.15) is 13.2 Å². The Hall–Kier alpha value is -2.64. The molecule has 3 aromatic carbocycles. The van der Waals surface area contributed by atoms with Crippen LogP contribution in [0.15, 0.2) is 72.8 Å². The maximum atomic E-state index is 13.5. The highest BCUT2D eigenvalue weighted by atomic mass is 35.5. The Morgan fingerprint density at radius 3 is 2.17 bits per heavy atom. The normalized spacial score (nSPS) is 16.7. The number of carbonyl (C=O) groups is 1. The van der Waals surface area contributed by atoms with Gasteiger partial charge in [0, 0.05) is 10.7 Å². The zero-order valence-corrected chi connectivity index (χ0v) is 17.0. The van der Waals surface area contributed by atoms with E-state index in [0.29, 0.717) is 22.2 Å². The number of benzene rings is 3. The molecule has 1 amide bonds. The first-order valence-corrected chi connectivity index (χ1v) is 10.4. The highest BCUT2D eigenvalue weighted by Gasteiger charge is 2.40. The predicted octanol–water partition coefficient (Wildman–Crippen LogP) is 6.93. The summed E-state index contributed by atoms with van der Waals surface area (Å²) >= 11 is 7.04. The molecule has 1 saturated heterocycles. The lowest BCUT2D eigenvalue weighted by Gasteiger charge is -2.26. The van der Waals surface area contributed by atoms with Crippen molar-refractivity contribution in [1.29, 1.82) is 0 Å². The lowest BCUT2D eigenvalue weighted by atomic mass is 10.1. The average molecular weight is 450 g/mol. The first kappa shape index (κ1) is 20.6. The van der Waals surface area contributed by atoms with Crippen molar-refractivity contribution in [2.45, 2.75) is 11.6 Å². The quantitative estimate of drug-likeness (QED) is 0.432. The van der Waals surface area contributed by atoms with Gasteiger partial charge in [-0.15, -0.1) is 11.8 Å². The number of halogens is 4. The van der Waals surface area contributed by atoms with E-state index in [1.165, 1.54) is 28.8 Å². The molecule has 0 bridgehead atoms. The summed E-state index contributed by atoms with van der Waals surface area (Å²) in [7, 11) is 0. The van der Waals surface area contributed by atoms with E-state index < -0.39 is 17.1 Å². The SMILES string of the molecule is O=C1CS[C@H](c2ccccc2C(F)(F)F)N1c1ccc(Oc2ccc(Cl)cc2)cc1. The van der Waals surface area contributed by atoms with Crippen molar-refractivity contribution < 1.29 is 22.7 Å². The van der Waals surface area contributed by atoms with E-state index in [4.69, 9.17) is 16.3 Å². The Kier molecular flexibility index (Phi) is 5.66. The molecular weight excluding hydrogens is 435 g/mol. The third kappa shape index (κ3) is 4.27. The van der Waals surface area contributed by atoms with E-state index in [1.54, 1.807) is 54.6 Å². The lowest BCUT2D eigenvalue weighted by Crippen LogP contribution is -2.29. The maximum absolute atomic E-state index is 13.5. The first-order chi connectivity index (χ1) is 14.3. The van der Waals surface area contributed by atoms with Crippen LogP contribution in [0, 0.1) is 0 Å². The fourth-order valence-corrected chi connectivity index (χ4v) is 4.56. The minimum absolute atomic E-state index is 0.0716. The van der Waals surface area contributed by atoms with Gasteiger partial charge in [-0.25, -0.2) is 0 Å². The molecule has 0 aliphatic carbocycles. The summed E-state index contributed by atoms with van der Waals surface area (Å²) in [5.74, 6) is 0.998. The van der Waals surface area contributed by atoms with Crippen LogP contribution in [-0.4, -0.2) is 11.7 Å². The van der Waals surface area contributed by atoms with Crippen LogP contribution in [0.4, 0.5) is 18.9 Å². The van der Waals surface area contributed by atoms with Gasteiger partial charge in [-0.1, -0.05) is 29.8 Å². The van der Waals surface area contributed by atoms with Crippen molar-refractivity contribution in [2.24, 2.45) is 0 Å². The number of hydrogen-bond donors (Lipinski definition) is 0. The molecule has 1 atom stereocenters. The summed E-state index contributed by atoms with van der Waals surface area (Å²) < 4.78 is 46.2. The van der Waals surface area contributed by atoms with E-state index in [9.17, 15) is 18.0 Å². The summed E-state index contributed by atoms with van der Waals surface area (Å²) in [4.78, 5) is 13.9. The lowest BCUT2D eigenvalue weighted by molar-refractivity contribution is -0.138. The molecule has 0 unspecified atom stereocenters. The zero-order chi connectivity index (χ0) is 21.3. The highest BCUT2D eigenvalue weighted by molar-refractivity contribution is 8.00. The molecule has 8 heteroatoms. The van der Waals surface area contributed by atoms with Crippen LogP contribution in [0.1, 0.15) is 16.5 Å². The van der Waals surface area contributed by atoms with Crippen LogP contribution < -0.4 is 9.64 Å². The number of anilines is 1. The molecule has 154 valence electrons. The Bertz CT molecular complexity index is 1060. The average Bonchev–Trinajstić information content (AvgIpc) is 3.11. The number of rotatable bonds is 4. The summed E-state index contributed by atoms with van der Waals surface area (Å²) in [6, 6.07) is 18.9. The molecule has 1 fully saturated rings. The Morgan fingerprint density at radius 1 is 0.933 bits per heavy atom. The number of alkyl halides is 3. The van der Waals surface area contributed by atoms with E-state index in [2.05, 4.69) is 0 Å². The minimum atomic E-state index is -4.50. The van der Waals surface area contributed by atoms with Gasteiger partial charge in [0.25, 0.3) is 0 Å². The van der Waals surface area contributed by atoms with Gasteiger partial charge in [0.1, 0.15) is 16.9 Å². The molecule has 0 N–H and O–H groups in total. The van der Waals surface area contributed by atoms with Crippen LogP contribution >= 0.6 is 23.4 Å². The molecule has 0 aromatic heterocycles. The van der Waals surface area contributed by atoms with Crippen molar-refractivity contribution in [3.63, 3.8) is 0 Å². The van der Waals surface area contributed by atoms with Crippen LogP contribution in [0.2, 0.25) is 5.02 Å². The molecule has 3 nitrogen and oxygen atoms in total. The number of hydrogen-bond acceptors (Lipinski definition) is 3. The second kappa shape index (κ2) is 8.24. The van der Waals surface area contributed by atoms with Crippen molar-refractivity contribution in [3.8, 4) is 11.5 Å². The molecule has 1 aliphatic rings. The number of carbonyl (C=O) groups excluding carboxylic acids is 1. The van der Waals surface area contributed by atoms with E-state index in [1.807, 2.05) is 0 Å². The van der Waals surface area contributed by atoms with Gasteiger partial charge in [-0.05, 0) is 60.2 Å². The second-order valence-electron chi connectivity index (χ2n) is 6.56. The molecule has 4 rings (SSSR count). The van der Waals surface area contributed by atoms with Gasteiger partial charge in [0.15, 0.2) is 0 Å². The van der Waals surface area contributed by atoms with Crippen molar-refractivity contribution in [2.75, 3.05) is 10.7 Å². The van der Waals surface area contributed by atoms with E-state index >= 15 is 0 Å². The van der Waals surface area contributed by atoms with Gasteiger partial charge >= 0.3 is 6.18 Å². The van der Waals surface area contributed by atoms with Crippen molar-refractivity contribution >= 4 is 35.0 Å². The predicted molar refractivity (Wildman–Crippen MR) is 112 cm³/mol. The Labute approximate surface area is 180 Å². The molecule has 0 spiro atoms. The summed E-state index contributed by atoms with van der Waals surface area (Å²) in [6.07, 6.45) is -4.50. The topological polar surface area (TPSA) is 29.5 Å². The monoisotopic (exact) mass is 449 g/mol. The smallest absolute Gasteiger partial charge is 0.416 e. The number of ether oxygens (including phenoxy) is 1. The maximum Gasteiger partial charge on any atom is 0.416 e. The largest absolute Gasteiger partial charge is 0.457 e. The summed E-state index contributed by atoms with van der Waals surface area (Å²) in [6.45, 7) is 0. The number of thioether (sulfide) groups is 1. The van der Waals surface area contributed by atoms with Crippen molar-refractivity contribution in [1.82, 2.24) is 0 Å². The third-order valence-electron chi connectivity index (χ3n) is 4.56. The van der Waals surface area contributed by atoms with Gasteiger partial charge < -0.3 is 4.74 Å². The zero-order valence-electron chi connectivity index (χ0n) is 15.4. The van der Waals surface area contributed by atoms with Gasteiger partial charge in [0.2, 0.25) is 5.91 Å². The molecular formula is C22H15ClF3NO2S. The standard InChI is InChI=1S/C22H15ClF3NO2S/c23-14-5-9-16(10-6-14)29-17-11-7-15(8-12-17)27-20(28)13-30-21(27)18-3-1-2-4-19(18)22(24,25)26/h1-12,21H,13H2/t21-/m1/s1. The fourth-order valence-electron chi connectivity index (χ4n) is 3.22. The third-order valence-corrected chi connectivity index (χ3v) is 6.01. The number of nitrogens with zero attached hydrogens (tertiary/aromatic N) is 1. The molecule has 3 aromatic rings. The Balaban J connectivity index is 1.61. The van der Waals surface area contributed by atoms with Crippen LogP contribution in [0.3, 0.4) is 0 Å². The van der Waals surface area contributed by atoms with Gasteiger partial charge in [0.05, 0.1) is 11.3 Å². The van der Waals surface area contributed by atoms with Crippen LogP contribution in [0.5, 0.6) is 11.5 Å². The van der Waals surface area contributed by atoms with Crippen molar-refractivity contribution in [3.05, 3.63) is 88.9 Å². The van der Waals surface area contributed by atoms with E-state index in [0.717, 1.165) is 6.07 Å². The fraction of sp³-hybridized carbons (Fsp3) is 0.136. The molecule has 30 heavy (non-hydrogen) atoms. The number of amides is 1. The van der Waals surface area contributed by atoms with Crippen LogP contribution in [-0.2, 0) is 11.0 Å². The molecule has 0 radical (unpaired) electrons. The molecule has 1 aliphatic heterocycles. The van der Waals surface area contributed by atoms with E-state index in [-0.39, 0.29) is 17.2 Å². The minimum Gasteiger partial charge on any atom is -0.457 e. The second-order valence-corrected chi connectivity index (χ2v) is 8.07. The van der Waals surface area contributed by atoms with Crippen LogP contribution in [0.25, 0.3) is 0 Å². The Morgan fingerprint density at radius 2 is 1.53 bits per heavy atom. The summed E-state index contributed by atoms with van der Waals surface area (Å²) in [5.41, 5.74) is -0.150.